The number of hydrogen-bond acceptors (Lipinski definition) is 4. The fourth-order valence-corrected chi connectivity index (χ4v) is 4.13. The van der Waals surface area contributed by atoms with Gasteiger partial charge in [0, 0.05) is 4.47 Å². The molecular weight excluding hydrogens is 485 g/mol. The molecule has 0 bridgehead atoms. The molecular formula is C20H12BrCl2NO3S. The molecule has 1 saturated heterocycles. The average Bonchev–Trinajstić information content (AvgIpc) is 2.90. The maximum absolute atomic E-state index is 12.3. The van der Waals surface area contributed by atoms with Gasteiger partial charge in [0.05, 0.1) is 21.5 Å². The molecule has 1 heterocycles. The van der Waals surface area contributed by atoms with Gasteiger partial charge in [-0.05, 0) is 53.2 Å². The SMILES string of the molecule is C#CCN1C(=O)S/C(=C/c2cc(Cl)c(OCc3ccc(Br)cc3)c(Cl)c2)C1=O. The van der Waals surface area contributed by atoms with E-state index in [-0.39, 0.29) is 11.4 Å². The lowest BCUT2D eigenvalue weighted by Crippen LogP contribution is -2.28. The van der Waals surface area contributed by atoms with Crippen LogP contribution in [0.5, 0.6) is 5.75 Å². The summed E-state index contributed by atoms with van der Waals surface area (Å²) >= 11 is 16.8. The molecule has 2 aromatic carbocycles. The maximum atomic E-state index is 12.3. The first-order chi connectivity index (χ1) is 13.4. The lowest BCUT2D eigenvalue weighted by atomic mass is 10.2. The van der Waals surface area contributed by atoms with Crippen molar-refractivity contribution in [2.24, 2.45) is 0 Å². The summed E-state index contributed by atoms with van der Waals surface area (Å²) in [7, 11) is 0. The second-order valence-corrected chi connectivity index (χ2v) is 8.42. The lowest BCUT2D eigenvalue weighted by Gasteiger charge is -2.11. The van der Waals surface area contributed by atoms with Gasteiger partial charge in [0.2, 0.25) is 0 Å². The van der Waals surface area contributed by atoms with E-state index in [1.54, 1.807) is 18.2 Å². The highest BCUT2D eigenvalue weighted by Crippen LogP contribution is 2.37. The fourth-order valence-electron chi connectivity index (χ4n) is 2.42. The second kappa shape index (κ2) is 9.06. The third-order valence-corrected chi connectivity index (χ3v) is 5.74. The van der Waals surface area contributed by atoms with Crippen molar-refractivity contribution in [2.45, 2.75) is 6.61 Å². The highest BCUT2D eigenvalue weighted by atomic mass is 79.9. The molecule has 0 aliphatic carbocycles. The van der Waals surface area contributed by atoms with Gasteiger partial charge in [-0.1, -0.05) is 57.2 Å². The summed E-state index contributed by atoms with van der Waals surface area (Å²) in [5.41, 5.74) is 1.54. The van der Waals surface area contributed by atoms with Crippen molar-refractivity contribution in [1.82, 2.24) is 4.90 Å². The van der Waals surface area contributed by atoms with Gasteiger partial charge in [-0.25, -0.2) is 0 Å². The normalized spacial score (nSPS) is 15.2. The highest BCUT2D eigenvalue weighted by Gasteiger charge is 2.34. The minimum atomic E-state index is -0.434. The van der Waals surface area contributed by atoms with E-state index in [4.69, 9.17) is 34.4 Å². The zero-order valence-corrected chi connectivity index (χ0v) is 18.2. The highest BCUT2D eigenvalue weighted by molar-refractivity contribution is 9.10. The number of amides is 2. The molecule has 3 rings (SSSR count). The van der Waals surface area contributed by atoms with Crippen molar-refractivity contribution in [3.63, 3.8) is 0 Å². The lowest BCUT2D eigenvalue weighted by molar-refractivity contribution is -0.122. The van der Waals surface area contributed by atoms with Gasteiger partial charge >= 0.3 is 0 Å². The fraction of sp³-hybridized carbons (Fsp3) is 0.100. The van der Waals surface area contributed by atoms with Crippen molar-refractivity contribution >= 4 is 68.1 Å². The molecule has 1 aliphatic rings. The standard InChI is InChI=1S/C20H12BrCl2NO3S/c1-2-7-24-19(25)17(28-20(24)26)10-13-8-15(22)18(16(23)9-13)27-11-12-3-5-14(21)6-4-12/h1,3-6,8-10H,7,11H2/b17-10+. The molecule has 8 heteroatoms. The van der Waals surface area contributed by atoms with E-state index in [0.29, 0.717) is 28.0 Å². The molecule has 0 aromatic heterocycles. The van der Waals surface area contributed by atoms with Crippen LogP contribution in [0.25, 0.3) is 6.08 Å². The Balaban J connectivity index is 1.78. The van der Waals surface area contributed by atoms with Crippen molar-refractivity contribution in [1.29, 1.82) is 0 Å². The van der Waals surface area contributed by atoms with Gasteiger partial charge in [-0.3, -0.25) is 14.5 Å². The van der Waals surface area contributed by atoms with E-state index >= 15 is 0 Å². The summed E-state index contributed by atoms with van der Waals surface area (Å²) in [4.78, 5) is 25.4. The topological polar surface area (TPSA) is 46.6 Å². The largest absolute Gasteiger partial charge is 0.486 e. The molecule has 2 aromatic rings. The zero-order valence-electron chi connectivity index (χ0n) is 14.2. The number of hydrogen-bond donors (Lipinski definition) is 0. The average molecular weight is 497 g/mol. The van der Waals surface area contributed by atoms with Crippen LogP contribution in [0.2, 0.25) is 10.0 Å². The number of ether oxygens (including phenoxy) is 1. The first-order valence-electron chi connectivity index (χ1n) is 7.94. The van der Waals surface area contributed by atoms with Crippen molar-refractivity contribution in [3.05, 3.63) is 66.9 Å². The Bertz CT molecular complexity index is 992. The Morgan fingerprint density at radius 3 is 2.43 bits per heavy atom. The molecule has 0 radical (unpaired) electrons. The third kappa shape index (κ3) is 4.73. The smallest absolute Gasteiger partial charge is 0.294 e. The summed E-state index contributed by atoms with van der Waals surface area (Å²) in [6, 6.07) is 10.9. The minimum Gasteiger partial charge on any atom is -0.486 e. The van der Waals surface area contributed by atoms with Gasteiger partial charge in [-0.15, -0.1) is 6.42 Å². The monoisotopic (exact) mass is 495 g/mol. The predicted molar refractivity (Wildman–Crippen MR) is 116 cm³/mol. The summed E-state index contributed by atoms with van der Waals surface area (Å²) in [6.45, 7) is 0.239. The summed E-state index contributed by atoms with van der Waals surface area (Å²) < 4.78 is 6.72. The van der Waals surface area contributed by atoms with Crippen molar-refractivity contribution in [3.8, 4) is 18.1 Å². The Labute approximate surface area is 185 Å². The van der Waals surface area contributed by atoms with Gasteiger partial charge in [-0.2, -0.15) is 0 Å². The van der Waals surface area contributed by atoms with E-state index < -0.39 is 11.1 Å². The molecule has 2 amide bonds. The Morgan fingerprint density at radius 2 is 1.82 bits per heavy atom. The number of nitrogens with zero attached hydrogens (tertiary/aromatic N) is 1. The van der Waals surface area contributed by atoms with Crippen LogP contribution in [0, 0.1) is 12.3 Å². The first kappa shape index (κ1) is 20.8. The van der Waals surface area contributed by atoms with Crippen molar-refractivity contribution in [2.75, 3.05) is 6.54 Å². The third-order valence-electron chi connectivity index (χ3n) is 3.74. The molecule has 1 fully saturated rings. The Morgan fingerprint density at radius 1 is 1.18 bits per heavy atom. The van der Waals surface area contributed by atoms with Crippen LogP contribution >= 0.6 is 50.9 Å². The molecule has 0 saturated carbocycles. The number of rotatable bonds is 5. The van der Waals surface area contributed by atoms with Gasteiger partial charge < -0.3 is 4.74 Å². The van der Waals surface area contributed by atoms with E-state index in [9.17, 15) is 9.59 Å². The van der Waals surface area contributed by atoms with Crippen molar-refractivity contribution < 1.29 is 14.3 Å². The molecule has 0 atom stereocenters. The van der Waals surface area contributed by atoms with E-state index in [1.807, 2.05) is 24.3 Å². The molecule has 0 N–H and O–H groups in total. The van der Waals surface area contributed by atoms with Crippen LogP contribution in [-0.2, 0) is 11.4 Å². The van der Waals surface area contributed by atoms with E-state index in [1.165, 1.54) is 0 Å². The van der Waals surface area contributed by atoms with Crippen LogP contribution < -0.4 is 4.74 Å². The van der Waals surface area contributed by atoms with Gasteiger partial charge in [0.15, 0.2) is 5.75 Å². The van der Waals surface area contributed by atoms with Crippen LogP contribution in [-0.4, -0.2) is 22.6 Å². The molecule has 1 aliphatic heterocycles. The van der Waals surface area contributed by atoms with Crippen LogP contribution in [0.3, 0.4) is 0 Å². The second-order valence-electron chi connectivity index (χ2n) is 5.70. The molecule has 0 unspecified atom stereocenters. The molecule has 142 valence electrons. The molecule has 4 nitrogen and oxygen atoms in total. The number of imide groups is 1. The first-order valence-corrected chi connectivity index (χ1v) is 10.3. The van der Waals surface area contributed by atoms with E-state index in [0.717, 1.165) is 26.7 Å². The number of benzene rings is 2. The van der Waals surface area contributed by atoms with Crippen LogP contribution in [0.15, 0.2) is 45.8 Å². The summed E-state index contributed by atoms with van der Waals surface area (Å²) in [5.74, 6) is 2.21. The van der Waals surface area contributed by atoms with E-state index in [2.05, 4.69) is 21.9 Å². The van der Waals surface area contributed by atoms with Gasteiger partial charge in [0.25, 0.3) is 11.1 Å². The number of terminal acetylenes is 1. The van der Waals surface area contributed by atoms with Gasteiger partial charge in [0.1, 0.15) is 6.61 Å². The number of thioether (sulfide) groups is 1. The summed E-state index contributed by atoms with van der Waals surface area (Å²) in [6.07, 6.45) is 6.74. The predicted octanol–water partition coefficient (Wildman–Crippen LogP) is 6.00. The number of halogens is 3. The minimum absolute atomic E-state index is 0.0631. The Kier molecular flexibility index (Phi) is 6.73. The number of carbonyl (C=O) groups excluding carboxylic acids is 2. The molecule has 0 spiro atoms. The van der Waals surface area contributed by atoms with Crippen LogP contribution in [0.1, 0.15) is 11.1 Å². The zero-order chi connectivity index (χ0) is 20.3. The molecule has 28 heavy (non-hydrogen) atoms. The summed E-state index contributed by atoms with van der Waals surface area (Å²) in [5, 5.41) is 0.207. The maximum Gasteiger partial charge on any atom is 0.294 e. The van der Waals surface area contributed by atoms with Crippen LogP contribution in [0.4, 0.5) is 4.79 Å². The quantitative estimate of drug-likeness (QED) is 0.376. The Hall–Kier alpha value is -1.91. The number of carbonyl (C=O) groups is 2.